The van der Waals surface area contributed by atoms with Gasteiger partial charge in [-0.05, 0) is 12.1 Å². The van der Waals surface area contributed by atoms with Crippen LogP contribution in [0, 0.1) is 0 Å². The van der Waals surface area contributed by atoms with E-state index in [9.17, 15) is 4.39 Å². The van der Waals surface area contributed by atoms with Crippen LogP contribution in [0.15, 0.2) is 24.5 Å². The van der Waals surface area contributed by atoms with Crippen LogP contribution < -0.4 is 5.73 Å². The minimum absolute atomic E-state index is 0.463. The van der Waals surface area contributed by atoms with Gasteiger partial charge in [0.15, 0.2) is 6.30 Å². The Balaban J connectivity index is 2.85. The summed E-state index contributed by atoms with van der Waals surface area (Å²) in [6, 6.07) is 3.09. The average molecular weight is 126 g/mol. The van der Waals surface area contributed by atoms with Crippen molar-refractivity contribution in [3.8, 4) is 0 Å². The van der Waals surface area contributed by atoms with Gasteiger partial charge in [0, 0.05) is 18.0 Å². The van der Waals surface area contributed by atoms with E-state index in [4.69, 9.17) is 5.73 Å². The zero-order valence-corrected chi connectivity index (χ0v) is 4.79. The zero-order chi connectivity index (χ0) is 6.69. The first kappa shape index (κ1) is 6.16. The number of hydrogen-bond donors (Lipinski definition) is 1. The van der Waals surface area contributed by atoms with Gasteiger partial charge >= 0.3 is 0 Å². The van der Waals surface area contributed by atoms with Crippen LogP contribution in [0.5, 0.6) is 0 Å². The van der Waals surface area contributed by atoms with Crippen molar-refractivity contribution >= 4 is 0 Å². The van der Waals surface area contributed by atoms with E-state index in [0.29, 0.717) is 5.56 Å². The fraction of sp³-hybridized carbons (Fsp3) is 0.167. The van der Waals surface area contributed by atoms with Crippen molar-refractivity contribution in [1.82, 2.24) is 4.98 Å². The van der Waals surface area contributed by atoms with E-state index in [0.717, 1.165) is 0 Å². The van der Waals surface area contributed by atoms with E-state index in [2.05, 4.69) is 4.98 Å². The molecule has 0 radical (unpaired) electrons. The highest BCUT2D eigenvalue weighted by molar-refractivity contribution is 5.11. The lowest BCUT2D eigenvalue weighted by Gasteiger charge is -1.97. The molecule has 1 aromatic heterocycles. The smallest absolute Gasteiger partial charge is 0.174 e. The molecule has 2 N–H and O–H groups in total. The Hall–Kier alpha value is -0.960. The molecule has 0 aliphatic rings. The summed E-state index contributed by atoms with van der Waals surface area (Å²) in [5, 5.41) is 0. The lowest BCUT2D eigenvalue weighted by atomic mass is 10.3. The third-order valence-electron chi connectivity index (χ3n) is 1.02. The molecule has 0 fully saturated rings. The number of hydrogen-bond acceptors (Lipinski definition) is 2. The van der Waals surface area contributed by atoms with Crippen LogP contribution in [0.3, 0.4) is 0 Å². The highest BCUT2D eigenvalue weighted by atomic mass is 19.1. The van der Waals surface area contributed by atoms with Crippen LogP contribution in [0.25, 0.3) is 0 Å². The number of pyridine rings is 1. The van der Waals surface area contributed by atoms with Crippen LogP contribution in [-0.2, 0) is 0 Å². The predicted molar refractivity (Wildman–Crippen MR) is 32.3 cm³/mol. The summed E-state index contributed by atoms with van der Waals surface area (Å²) in [5.41, 5.74) is 5.38. The maximum absolute atomic E-state index is 12.2. The Labute approximate surface area is 52.5 Å². The Bertz CT molecular complexity index is 174. The summed E-state index contributed by atoms with van der Waals surface area (Å²) < 4.78 is 12.2. The van der Waals surface area contributed by atoms with E-state index in [1.54, 1.807) is 12.1 Å². The topological polar surface area (TPSA) is 38.9 Å². The molecule has 0 amide bonds. The number of nitrogens with two attached hydrogens (primary N) is 1. The maximum atomic E-state index is 12.2. The first-order valence-electron chi connectivity index (χ1n) is 2.60. The molecule has 2 nitrogen and oxygen atoms in total. The molecule has 3 heteroatoms. The fourth-order valence-electron chi connectivity index (χ4n) is 0.547. The SMILES string of the molecule is NC(F)c1ccncc1. The molecule has 0 aliphatic heterocycles. The molecule has 1 unspecified atom stereocenters. The molecular formula is C6H7FN2. The molecule has 0 aromatic carbocycles. The summed E-state index contributed by atoms with van der Waals surface area (Å²) in [6.45, 7) is 0. The molecule has 9 heavy (non-hydrogen) atoms. The molecule has 0 bridgehead atoms. The third-order valence-corrected chi connectivity index (χ3v) is 1.02. The average Bonchev–Trinajstić information content (AvgIpc) is 1.90. The largest absolute Gasteiger partial charge is 0.298 e. The van der Waals surface area contributed by atoms with Crippen molar-refractivity contribution in [2.45, 2.75) is 6.30 Å². The van der Waals surface area contributed by atoms with Crippen molar-refractivity contribution in [3.63, 3.8) is 0 Å². The lowest BCUT2D eigenvalue weighted by molar-refractivity contribution is 0.355. The Morgan fingerprint density at radius 2 is 2.00 bits per heavy atom. The maximum Gasteiger partial charge on any atom is 0.174 e. The minimum Gasteiger partial charge on any atom is -0.298 e. The highest BCUT2D eigenvalue weighted by Crippen LogP contribution is 2.07. The predicted octanol–water partition coefficient (Wildman–Crippen LogP) is 1.01. The van der Waals surface area contributed by atoms with Gasteiger partial charge in [0.25, 0.3) is 0 Å². The molecule has 0 spiro atoms. The fourth-order valence-corrected chi connectivity index (χ4v) is 0.547. The Kier molecular flexibility index (Phi) is 1.75. The van der Waals surface area contributed by atoms with Crippen molar-refractivity contribution in [2.24, 2.45) is 5.73 Å². The molecular weight excluding hydrogens is 119 g/mol. The molecule has 1 heterocycles. The number of nitrogens with zero attached hydrogens (tertiary/aromatic N) is 1. The number of alkyl halides is 1. The van der Waals surface area contributed by atoms with Crippen molar-refractivity contribution in [3.05, 3.63) is 30.1 Å². The van der Waals surface area contributed by atoms with Crippen molar-refractivity contribution in [1.29, 1.82) is 0 Å². The molecule has 1 aromatic rings. The number of aromatic nitrogens is 1. The van der Waals surface area contributed by atoms with Gasteiger partial charge in [-0.2, -0.15) is 0 Å². The summed E-state index contributed by atoms with van der Waals surface area (Å²) in [4.78, 5) is 3.71. The van der Waals surface area contributed by atoms with Gasteiger partial charge in [-0.1, -0.05) is 0 Å². The van der Waals surface area contributed by atoms with Gasteiger partial charge in [0.05, 0.1) is 0 Å². The van der Waals surface area contributed by atoms with Crippen molar-refractivity contribution in [2.75, 3.05) is 0 Å². The molecule has 1 atom stereocenters. The van der Waals surface area contributed by atoms with Gasteiger partial charge in [-0.15, -0.1) is 0 Å². The molecule has 48 valence electrons. The normalized spacial score (nSPS) is 13.1. The van der Waals surface area contributed by atoms with Gasteiger partial charge < -0.3 is 0 Å². The second-order valence-electron chi connectivity index (χ2n) is 1.68. The van der Waals surface area contributed by atoms with Gasteiger partial charge in [0.1, 0.15) is 0 Å². The summed E-state index contributed by atoms with van der Waals surface area (Å²) in [7, 11) is 0. The third kappa shape index (κ3) is 1.47. The van der Waals surface area contributed by atoms with E-state index in [-0.39, 0.29) is 0 Å². The van der Waals surface area contributed by atoms with Gasteiger partial charge in [-0.25, -0.2) is 4.39 Å². The van der Waals surface area contributed by atoms with Crippen LogP contribution >= 0.6 is 0 Å². The van der Waals surface area contributed by atoms with E-state index in [1.165, 1.54) is 12.4 Å². The van der Waals surface area contributed by atoms with Crippen LogP contribution in [-0.4, -0.2) is 4.98 Å². The van der Waals surface area contributed by atoms with Crippen LogP contribution in [0.2, 0.25) is 0 Å². The monoisotopic (exact) mass is 126 g/mol. The van der Waals surface area contributed by atoms with Crippen LogP contribution in [0.1, 0.15) is 11.9 Å². The van der Waals surface area contributed by atoms with Gasteiger partial charge in [0.2, 0.25) is 0 Å². The molecule has 0 aliphatic carbocycles. The lowest BCUT2D eigenvalue weighted by Crippen LogP contribution is -2.02. The minimum atomic E-state index is -1.38. The molecule has 0 saturated carbocycles. The van der Waals surface area contributed by atoms with Crippen molar-refractivity contribution < 1.29 is 4.39 Å². The Morgan fingerprint density at radius 1 is 1.44 bits per heavy atom. The highest BCUT2D eigenvalue weighted by Gasteiger charge is 1.98. The second kappa shape index (κ2) is 2.55. The number of halogens is 1. The standard InChI is InChI=1S/C6H7FN2/c7-6(8)5-1-3-9-4-2-5/h1-4,6H,8H2. The first-order chi connectivity index (χ1) is 4.30. The first-order valence-corrected chi connectivity index (χ1v) is 2.60. The summed E-state index contributed by atoms with van der Waals surface area (Å²) in [6.07, 6.45) is 1.64. The van der Waals surface area contributed by atoms with Crippen LogP contribution in [0.4, 0.5) is 4.39 Å². The number of rotatable bonds is 1. The Morgan fingerprint density at radius 3 is 2.33 bits per heavy atom. The van der Waals surface area contributed by atoms with E-state index < -0.39 is 6.30 Å². The molecule has 1 rings (SSSR count). The van der Waals surface area contributed by atoms with E-state index >= 15 is 0 Å². The van der Waals surface area contributed by atoms with Gasteiger partial charge in [-0.3, -0.25) is 10.7 Å². The molecule has 0 saturated heterocycles. The second-order valence-corrected chi connectivity index (χ2v) is 1.68. The van der Waals surface area contributed by atoms with E-state index in [1.807, 2.05) is 0 Å². The quantitative estimate of drug-likeness (QED) is 0.570. The zero-order valence-electron chi connectivity index (χ0n) is 4.79. The summed E-state index contributed by atoms with van der Waals surface area (Å²) in [5.74, 6) is 0. The summed E-state index contributed by atoms with van der Waals surface area (Å²) >= 11 is 0.